The minimum atomic E-state index is -3.39. The lowest BCUT2D eigenvalue weighted by Gasteiger charge is -2.13. The SMILES string of the molecule is CS(=O)(=O)c1ccc(-c2cnn(CC(=O)c3csc4ccccc34)c(=O)c2-c2ccc(F)cc2)cc1. The molecule has 2 aromatic heterocycles. The molecule has 0 atom stereocenters. The number of ketones is 1. The lowest BCUT2D eigenvalue weighted by atomic mass is 9.97. The van der Waals surface area contributed by atoms with Crippen molar-refractivity contribution in [3.05, 3.63) is 106 Å². The Balaban J connectivity index is 1.61. The first-order chi connectivity index (χ1) is 17.2. The molecule has 180 valence electrons. The lowest BCUT2D eigenvalue weighted by Crippen LogP contribution is -2.28. The van der Waals surface area contributed by atoms with Crippen molar-refractivity contribution < 1.29 is 17.6 Å². The monoisotopic (exact) mass is 518 g/mol. The fourth-order valence-electron chi connectivity index (χ4n) is 4.01. The van der Waals surface area contributed by atoms with Gasteiger partial charge in [0.2, 0.25) is 0 Å². The van der Waals surface area contributed by atoms with E-state index in [9.17, 15) is 22.4 Å². The molecule has 6 nitrogen and oxygen atoms in total. The molecular formula is C27H19FN2O4S2. The Kier molecular flexibility index (Phi) is 6.11. The molecule has 0 saturated carbocycles. The third-order valence-corrected chi connectivity index (χ3v) is 7.94. The molecular weight excluding hydrogens is 499 g/mol. The van der Waals surface area contributed by atoms with Gasteiger partial charge in [0.15, 0.2) is 15.6 Å². The molecule has 0 aliphatic rings. The van der Waals surface area contributed by atoms with Gasteiger partial charge in [0, 0.05) is 32.8 Å². The molecule has 0 N–H and O–H groups in total. The zero-order valence-electron chi connectivity index (χ0n) is 19.0. The topological polar surface area (TPSA) is 86.1 Å². The van der Waals surface area contributed by atoms with Crippen LogP contribution in [-0.2, 0) is 16.4 Å². The van der Waals surface area contributed by atoms with Crippen LogP contribution in [-0.4, -0.2) is 30.2 Å². The molecule has 0 aliphatic heterocycles. The van der Waals surface area contributed by atoms with Crippen LogP contribution in [0.4, 0.5) is 4.39 Å². The molecule has 0 radical (unpaired) electrons. The molecule has 5 rings (SSSR count). The van der Waals surface area contributed by atoms with Crippen molar-refractivity contribution in [1.82, 2.24) is 9.78 Å². The molecule has 0 unspecified atom stereocenters. The van der Waals surface area contributed by atoms with Gasteiger partial charge < -0.3 is 0 Å². The number of thiophene rings is 1. The van der Waals surface area contributed by atoms with Crippen LogP contribution < -0.4 is 5.56 Å². The van der Waals surface area contributed by atoms with Crippen molar-refractivity contribution in [2.75, 3.05) is 6.26 Å². The molecule has 0 spiro atoms. The van der Waals surface area contributed by atoms with Crippen LogP contribution in [0.5, 0.6) is 0 Å². The van der Waals surface area contributed by atoms with Crippen molar-refractivity contribution in [3.8, 4) is 22.3 Å². The van der Waals surface area contributed by atoms with Gasteiger partial charge in [-0.1, -0.05) is 42.5 Å². The fourth-order valence-corrected chi connectivity index (χ4v) is 5.61. The summed E-state index contributed by atoms with van der Waals surface area (Å²) < 4.78 is 39.4. The zero-order valence-corrected chi connectivity index (χ0v) is 20.6. The quantitative estimate of drug-likeness (QED) is 0.288. The summed E-state index contributed by atoms with van der Waals surface area (Å²) in [5.41, 5.74) is 1.70. The Morgan fingerprint density at radius 2 is 1.64 bits per heavy atom. The second-order valence-electron chi connectivity index (χ2n) is 8.27. The molecule has 0 saturated heterocycles. The summed E-state index contributed by atoms with van der Waals surface area (Å²) in [7, 11) is -3.39. The predicted molar refractivity (Wildman–Crippen MR) is 139 cm³/mol. The molecule has 0 fully saturated rings. The number of hydrogen-bond acceptors (Lipinski definition) is 6. The van der Waals surface area contributed by atoms with Crippen LogP contribution in [0.3, 0.4) is 0 Å². The number of fused-ring (bicyclic) bond motifs is 1. The van der Waals surface area contributed by atoms with E-state index in [1.54, 1.807) is 17.5 Å². The van der Waals surface area contributed by atoms with Gasteiger partial charge in [-0.15, -0.1) is 11.3 Å². The normalized spacial score (nSPS) is 11.6. The van der Waals surface area contributed by atoms with Crippen molar-refractivity contribution >= 4 is 37.0 Å². The number of aromatic nitrogens is 2. The van der Waals surface area contributed by atoms with Crippen LogP contribution in [0.15, 0.2) is 94.1 Å². The van der Waals surface area contributed by atoms with E-state index in [0.717, 1.165) is 21.0 Å². The summed E-state index contributed by atoms with van der Waals surface area (Å²) >= 11 is 1.45. The number of Topliss-reactive ketones (excluding diaryl/α,β-unsaturated/α-hetero) is 1. The molecule has 0 aliphatic carbocycles. The maximum absolute atomic E-state index is 13.6. The summed E-state index contributed by atoms with van der Waals surface area (Å²) in [5, 5.41) is 6.85. The van der Waals surface area contributed by atoms with Crippen molar-refractivity contribution in [2.24, 2.45) is 0 Å². The molecule has 9 heteroatoms. The Morgan fingerprint density at radius 3 is 2.33 bits per heavy atom. The third-order valence-electron chi connectivity index (χ3n) is 5.84. The van der Waals surface area contributed by atoms with Crippen LogP contribution in [0, 0.1) is 5.82 Å². The van der Waals surface area contributed by atoms with Gasteiger partial charge in [-0.2, -0.15) is 5.10 Å². The Hall–Kier alpha value is -3.95. The molecule has 0 amide bonds. The number of nitrogens with zero attached hydrogens (tertiary/aromatic N) is 2. The Labute approximate surface area is 210 Å². The predicted octanol–water partition coefficient (Wildman–Crippen LogP) is 5.22. The van der Waals surface area contributed by atoms with Crippen LogP contribution in [0.2, 0.25) is 0 Å². The maximum Gasteiger partial charge on any atom is 0.275 e. The van der Waals surface area contributed by atoms with Crippen LogP contribution in [0.1, 0.15) is 10.4 Å². The first-order valence-electron chi connectivity index (χ1n) is 10.9. The average Bonchev–Trinajstić information content (AvgIpc) is 3.30. The zero-order chi connectivity index (χ0) is 25.4. The van der Waals surface area contributed by atoms with E-state index in [0.29, 0.717) is 22.3 Å². The van der Waals surface area contributed by atoms with E-state index in [-0.39, 0.29) is 22.8 Å². The summed E-state index contributed by atoms with van der Waals surface area (Å²) in [5.74, 6) is -0.705. The average molecular weight is 519 g/mol. The third kappa shape index (κ3) is 4.50. The number of carbonyl (C=O) groups excluding carboxylic acids is 1. The summed E-state index contributed by atoms with van der Waals surface area (Å²) in [6, 6.07) is 19.1. The molecule has 3 aromatic carbocycles. The summed E-state index contributed by atoms with van der Waals surface area (Å²) in [6.07, 6.45) is 2.58. The summed E-state index contributed by atoms with van der Waals surface area (Å²) in [4.78, 5) is 26.9. The number of rotatable bonds is 6. The molecule has 5 aromatic rings. The van der Waals surface area contributed by atoms with E-state index in [1.165, 1.54) is 53.9 Å². The number of hydrogen-bond donors (Lipinski definition) is 0. The Bertz CT molecular complexity index is 1770. The van der Waals surface area contributed by atoms with Gasteiger partial charge in [-0.05, 0) is 41.5 Å². The lowest BCUT2D eigenvalue weighted by molar-refractivity contribution is 0.0967. The van der Waals surface area contributed by atoms with E-state index < -0.39 is 21.2 Å². The fraction of sp³-hybridized carbons (Fsp3) is 0.0741. The van der Waals surface area contributed by atoms with Gasteiger partial charge >= 0.3 is 0 Å². The van der Waals surface area contributed by atoms with Gasteiger partial charge in [-0.25, -0.2) is 17.5 Å². The highest BCUT2D eigenvalue weighted by molar-refractivity contribution is 7.90. The van der Waals surface area contributed by atoms with E-state index >= 15 is 0 Å². The van der Waals surface area contributed by atoms with Gasteiger partial charge in [0.25, 0.3) is 5.56 Å². The number of sulfone groups is 1. The Morgan fingerprint density at radius 1 is 0.972 bits per heavy atom. The minimum Gasteiger partial charge on any atom is -0.292 e. The van der Waals surface area contributed by atoms with Gasteiger partial charge in [0.1, 0.15) is 12.4 Å². The molecule has 0 bridgehead atoms. The van der Waals surface area contributed by atoms with E-state index in [4.69, 9.17) is 0 Å². The second kappa shape index (κ2) is 9.25. The van der Waals surface area contributed by atoms with Crippen molar-refractivity contribution in [1.29, 1.82) is 0 Å². The van der Waals surface area contributed by atoms with Crippen molar-refractivity contribution in [3.63, 3.8) is 0 Å². The van der Waals surface area contributed by atoms with E-state index in [2.05, 4.69) is 5.10 Å². The van der Waals surface area contributed by atoms with Gasteiger partial charge in [-0.3, -0.25) is 9.59 Å². The summed E-state index contributed by atoms with van der Waals surface area (Å²) in [6.45, 7) is -0.263. The smallest absolute Gasteiger partial charge is 0.275 e. The first kappa shape index (κ1) is 23.8. The van der Waals surface area contributed by atoms with Crippen LogP contribution >= 0.6 is 11.3 Å². The number of carbonyl (C=O) groups is 1. The number of benzene rings is 3. The highest BCUT2D eigenvalue weighted by atomic mass is 32.2. The van der Waals surface area contributed by atoms with E-state index in [1.807, 2.05) is 24.3 Å². The molecule has 2 heterocycles. The minimum absolute atomic E-state index is 0.143. The largest absolute Gasteiger partial charge is 0.292 e. The standard InChI is InChI=1S/C27H19FN2O4S2/c1-36(33,34)20-12-8-17(9-13-20)22-14-29-30(27(32)26(22)18-6-10-19(28)11-7-18)15-24(31)23-16-35-25-5-3-2-4-21(23)25/h2-14,16H,15H2,1H3. The van der Waals surface area contributed by atoms with Crippen molar-refractivity contribution in [2.45, 2.75) is 11.4 Å². The van der Waals surface area contributed by atoms with Crippen LogP contribution in [0.25, 0.3) is 32.3 Å². The maximum atomic E-state index is 13.6. The van der Waals surface area contributed by atoms with Gasteiger partial charge in [0.05, 0.1) is 16.7 Å². The highest BCUT2D eigenvalue weighted by Gasteiger charge is 2.19. The molecule has 36 heavy (non-hydrogen) atoms. The number of halogens is 1. The highest BCUT2D eigenvalue weighted by Crippen LogP contribution is 2.30. The second-order valence-corrected chi connectivity index (χ2v) is 11.2. The first-order valence-corrected chi connectivity index (χ1v) is 13.7.